The summed E-state index contributed by atoms with van der Waals surface area (Å²) in [7, 11) is 3.64. The van der Waals surface area contributed by atoms with Crippen LogP contribution in [0.2, 0.25) is 0 Å². The fraction of sp³-hybridized carbons (Fsp3) is 0.348. The lowest BCUT2D eigenvalue weighted by Crippen LogP contribution is -2.29. The number of benzene rings is 2. The predicted molar refractivity (Wildman–Crippen MR) is 115 cm³/mol. The Kier molecular flexibility index (Phi) is 5.71. The fourth-order valence-electron chi connectivity index (χ4n) is 3.80. The third kappa shape index (κ3) is 4.38. The predicted octanol–water partition coefficient (Wildman–Crippen LogP) is 3.26. The van der Waals surface area contributed by atoms with Gasteiger partial charge in [0.25, 0.3) is 5.91 Å². The molecule has 2 atom stereocenters. The summed E-state index contributed by atoms with van der Waals surface area (Å²) in [6.07, 6.45) is 3.13. The Morgan fingerprint density at radius 2 is 2.03 bits per heavy atom. The van der Waals surface area contributed by atoms with Crippen molar-refractivity contribution in [3.63, 3.8) is 0 Å². The number of anilines is 2. The molecule has 29 heavy (non-hydrogen) atoms. The largest absolute Gasteiger partial charge is 0.497 e. The van der Waals surface area contributed by atoms with Gasteiger partial charge in [-0.3, -0.25) is 4.79 Å². The minimum absolute atomic E-state index is 0.136. The van der Waals surface area contributed by atoms with Crippen LogP contribution in [0, 0.1) is 0 Å². The highest BCUT2D eigenvalue weighted by atomic mass is 16.5. The van der Waals surface area contributed by atoms with Crippen molar-refractivity contribution in [2.24, 2.45) is 0 Å². The van der Waals surface area contributed by atoms with Gasteiger partial charge in [-0.1, -0.05) is 12.1 Å². The van der Waals surface area contributed by atoms with E-state index in [1.807, 2.05) is 49.5 Å². The van der Waals surface area contributed by atoms with Crippen LogP contribution in [0.25, 0.3) is 5.76 Å². The molecular weight excluding hydrogens is 366 g/mol. The van der Waals surface area contributed by atoms with E-state index < -0.39 is 6.10 Å². The van der Waals surface area contributed by atoms with E-state index in [9.17, 15) is 4.79 Å². The summed E-state index contributed by atoms with van der Waals surface area (Å²) in [5, 5.41) is 6.29. The smallest absolute Gasteiger partial charge is 0.265 e. The minimum Gasteiger partial charge on any atom is -0.497 e. The Labute approximate surface area is 171 Å². The summed E-state index contributed by atoms with van der Waals surface area (Å²) < 4.78 is 11.1. The van der Waals surface area contributed by atoms with Crippen LogP contribution in [0.1, 0.15) is 18.4 Å². The van der Waals surface area contributed by atoms with Crippen LogP contribution < -0.4 is 20.3 Å². The van der Waals surface area contributed by atoms with E-state index in [2.05, 4.69) is 27.7 Å². The number of amides is 1. The zero-order valence-electron chi connectivity index (χ0n) is 16.9. The number of ether oxygens (including phenoxy) is 2. The summed E-state index contributed by atoms with van der Waals surface area (Å²) in [5.74, 6) is 1.34. The zero-order chi connectivity index (χ0) is 20.2. The van der Waals surface area contributed by atoms with Crippen LogP contribution in [0.5, 0.6) is 5.75 Å². The first-order valence-electron chi connectivity index (χ1n) is 10.0. The second kappa shape index (κ2) is 8.57. The maximum Gasteiger partial charge on any atom is 0.265 e. The van der Waals surface area contributed by atoms with Crippen molar-refractivity contribution in [2.75, 3.05) is 37.5 Å². The van der Waals surface area contributed by atoms with Crippen molar-refractivity contribution in [2.45, 2.75) is 25.0 Å². The van der Waals surface area contributed by atoms with Crippen molar-refractivity contribution >= 4 is 23.0 Å². The Balaban J connectivity index is 1.33. The normalized spacial score (nSPS) is 20.9. The van der Waals surface area contributed by atoms with Gasteiger partial charge in [0.15, 0.2) is 6.10 Å². The van der Waals surface area contributed by atoms with E-state index in [-0.39, 0.29) is 5.91 Å². The van der Waals surface area contributed by atoms with Gasteiger partial charge in [-0.15, -0.1) is 0 Å². The van der Waals surface area contributed by atoms with Crippen molar-refractivity contribution in [3.05, 3.63) is 60.2 Å². The lowest BCUT2D eigenvalue weighted by Gasteiger charge is -2.19. The number of methoxy groups -OCH3 is 1. The average Bonchev–Trinajstić information content (AvgIpc) is 3.44. The van der Waals surface area contributed by atoms with Gasteiger partial charge in [-0.25, -0.2) is 0 Å². The van der Waals surface area contributed by atoms with E-state index >= 15 is 0 Å². The topological polar surface area (TPSA) is 62.8 Å². The third-order valence-corrected chi connectivity index (χ3v) is 5.53. The van der Waals surface area contributed by atoms with Crippen molar-refractivity contribution < 1.29 is 14.3 Å². The standard InChI is InChI=1S/C23H27N3O3/c1-24-18-12-13-26(15-18)19-8-6-17(7-9-19)25-23(27)22-11-10-21(29-22)16-4-3-5-20(14-16)28-2/h3-10,14,18,22,24H,11-13,15H2,1-2H3,(H,25,27). The Bertz CT molecular complexity index is 894. The molecule has 0 saturated carbocycles. The maximum atomic E-state index is 12.6. The summed E-state index contributed by atoms with van der Waals surface area (Å²) >= 11 is 0. The summed E-state index contributed by atoms with van der Waals surface area (Å²) in [6, 6.07) is 16.2. The molecule has 0 bridgehead atoms. The fourth-order valence-corrected chi connectivity index (χ4v) is 3.80. The van der Waals surface area contributed by atoms with Gasteiger partial charge >= 0.3 is 0 Å². The summed E-state index contributed by atoms with van der Waals surface area (Å²) in [5.41, 5.74) is 2.87. The molecule has 0 spiro atoms. The van der Waals surface area contributed by atoms with Crippen LogP contribution in [-0.2, 0) is 9.53 Å². The highest BCUT2D eigenvalue weighted by molar-refractivity contribution is 5.95. The quantitative estimate of drug-likeness (QED) is 0.789. The van der Waals surface area contributed by atoms with Gasteiger partial charge in [-0.05, 0) is 55.9 Å². The van der Waals surface area contributed by atoms with Gasteiger partial charge < -0.3 is 25.0 Å². The first-order chi connectivity index (χ1) is 14.2. The molecule has 0 aromatic heterocycles. The second-order valence-electron chi connectivity index (χ2n) is 7.40. The van der Waals surface area contributed by atoms with Gasteiger partial charge in [-0.2, -0.15) is 0 Å². The minimum atomic E-state index is -0.522. The molecule has 2 N–H and O–H groups in total. The molecule has 2 aliphatic rings. The number of likely N-dealkylation sites (N-methyl/N-ethyl adjacent to an activating group) is 1. The molecule has 1 fully saturated rings. The third-order valence-electron chi connectivity index (χ3n) is 5.53. The number of nitrogens with zero attached hydrogens (tertiary/aromatic N) is 1. The van der Waals surface area contributed by atoms with Gasteiger partial charge in [0.2, 0.25) is 0 Å². The summed E-state index contributed by atoms with van der Waals surface area (Å²) in [6.45, 7) is 2.06. The number of nitrogens with one attached hydrogen (secondary N) is 2. The molecule has 2 aliphatic heterocycles. The SMILES string of the molecule is CNC1CCN(c2ccc(NC(=O)C3CC=C(c4cccc(OC)c4)O3)cc2)C1. The Hall–Kier alpha value is -2.99. The summed E-state index contributed by atoms with van der Waals surface area (Å²) in [4.78, 5) is 15.0. The molecule has 0 aliphatic carbocycles. The van der Waals surface area contributed by atoms with E-state index in [1.54, 1.807) is 7.11 Å². The lowest BCUT2D eigenvalue weighted by molar-refractivity contribution is -0.123. The van der Waals surface area contributed by atoms with Gasteiger partial charge in [0.1, 0.15) is 11.5 Å². The van der Waals surface area contributed by atoms with E-state index in [0.29, 0.717) is 18.2 Å². The molecule has 1 saturated heterocycles. The highest BCUT2D eigenvalue weighted by Gasteiger charge is 2.27. The Morgan fingerprint density at radius 3 is 2.76 bits per heavy atom. The number of hydrogen-bond donors (Lipinski definition) is 2. The molecular formula is C23H27N3O3. The molecule has 6 heteroatoms. The van der Waals surface area contributed by atoms with E-state index in [4.69, 9.17) is 9.47 Å². The van der Waals surface area contributed by atoms with Crippen LogP contribution in [0.4, 0.5) is 11.4 Å². The molecule has 6 nitrogen and oxygen atoms in total. The zero-order valence-corrected chi connectivity index (χ0v) is 16.9. The molecule has 152 valence electrons. The average molecular weight is 393 g/mol. The van der Waals surface area contributed by atoms with Gasteiger partial charge in [0, 0.05) is 42.5 Å². The molecule has 2 aromatic rings. The first kappa shape index (κ1) is 19.3. The number of carbonyl (C=O) groups is 1. The van der Waals surface area contributed by atoms with Crippen LogP contribution >= 0.6 is 0 Å². The number of rotatable bonds is 6. The first-order valence-corrected chi connectivity index (χ1v) is 10.0. The van der Waals surface area contributed by atoms with Crippen molar-refractivity contribution in [1.29, 1.82) is 0 Å². The van der Waals surface area contributed by atoms with E-state index in [0.717, 1.165) is 36.5 Å². The van der Waals surface area contributed by atoms with E-state index in [1.165, 1.54) is 5.69 Å². The highest BCUT2D eigenvalue weighted by Crippen LogP contribution is 2.29. The van der Waals surface area contributed by atoms with Crippen LogP contribution in [-0.4, -0.2) is 45.3 Å². The molecule has 4 rings (SSSR count). The molecule has 2 aromatic carbocycles. The van der Waals surface area contributed by atoms with Crippen LogP contribution in [0.15, 0.2) is 54.6 Å². The molecule has 2 heterocycles. The van der Waals surface area contributed by atoms with Crippen LogP contribution in [0.3, 0.4) is 0 Å². The van der Waals surface area contributed by atoms with Crippen molar-refractivity contribution in [3.8, 4) is 5.75 Å². The number of hydrogen-bond acceptors (Lipinski definition) is 5. The molecule has 0 radical (unpaired) electrons. The maximum absolute atomic E-state index is 12.6. The number of carbonyl (C=O) groups excluding carboxylic acids is 1. The monoisotopic (exact) mass is 393 g/mol. The Morgan fingerprint density at radius 1 is 1.21 bits per heavy atom. The second-order valence-corrected chi connectivity index (χ2v) is 7.40. The lowest BCUT2D eigenvalue weighted by atomic mass is 10.1. The van der Waals surface area contributed by atoms with Gasteiger partial charge in [0.05, 0.1) is 7.11 Å². The molecule has 1 amide bonds. The molecule has 2 unspecified atom stereocenters. The van der Waals surface area contributed by atoms with Crippen molar-refractivity contribution in [1.82, 2.24) is 5.32 Å².